The Kier molecular flexibility index (Phi) is 15.8. The Labute approximate surface area is 256 Å². The number of benzene rings is 2. The van der Waals surface area contributed by atoms with Crippen molar-refractivity contribution >= 4 is 48.9 Å². The molecule has 228 valence electrons. The van der Waals surface area contributed by atoms with Gasteiger partial charge in [-0.2, -0.15) is 25.3 Å². The van der Waals surface area contributed by atoms with Crippen molar-refractivity contribution in [1.82, 2.24) is 16.0 Å². The number of hydrogen-bond donors (Lipinski definition) is 8. The average Bonchev–Trinajstić information content (AvgIpc) is 2.95. The van der Waals surface area contributed by atoms with Gasteiger partial charge >= 0.3 is 5.97 Å². The van der Waals surface area contributed by atoms with Crippen LogP contribution in [-0.4, -0.2) is 80.8 Å². The highest BCUT2D eigenvalue weighted by Crippen LogP contribution is 2.11. The van der Waals surface area contributed by atoms with Crippen LogP contribution in [0.3, 0.4) is 0 Å². The van der Waals surface area contributed by atoms with Crippen LogP contribution in [0.2, 0.25) is 0 Å². The van der Waals surface area contributed by atoms with Crippen LogP contribution < -0.4 is 16.0 Å². The van der Waals surface area contributed by atoms with E-state index in [1.807, 2.05) is 12.1 Å². The van der Waals surface area contributed by atoms with Crippen LogP contribution >= 0.6 is 25.3 Å². The summed E-state index contributed by atoms with van der Waals surface area (Å²) in [4.78, 5) is 50.5. The van der Waals surface area contributed by atoms with Gasteiger partial charge in [0.15, 0.2) is 0 Å². The number of aliphatic hydroxyl groups excluding tert-OH is 2. The molecule has 0 aliphatic rings. The predicted molar refractivity (Wildman–Crippen MR) is 166 cm³/mol. The standard InChI is InChI=1S/C30H39N3O7S2/c34-22(13-7-8-14-41)17-27(36)31-24(16-21-11-5-2-6-12-21)29(39)33-25(19-42)30(40)32-23(26(35)18-28(37)38)15-20-9-3-1-4-10-20/h1-7,9-13,22-26,34-35,41-42H,8,14-19H2,(H,31,36)(H,32,40)(H,33,39)(H,37,38)/b13-7+/t22-,23-,24-,25-,26+/m1/s1. The predicted octanol–water partition coefficient (Wildman–Crippen LogP) is 1.32. The van der Waals surface area contributed by atoms with E-state index in [4.69, 9.17) is 0 Å². The SMILES string of the molecule is O=C(O)C[C@H](O)[C@@H](Cc1ccccc1)NC(=O)[C@@H](CS)NC(=O)[C@@H](Cc1ccccc1)NC(=O)C[C@H](O)/C=C/CCS. The third-order valence-corrected chi connectivity index (χ3v) is 6.90. The quantitative estimate of drug-likeness (QED) is 0.0923. The number of rotatable bonds is 18. The van der Waals surface area contributed by atoms with Crippen molar-refractivity contribution in [3.05, 3.63) is 83.9 Å². The van der Waals surface area contributed by atoms with Gasteiger partial charge in [0.25, 0.3) is 0 Å². The Bertz CT molecular complexity index is 1170. The number of amides is 3. The highest BCUT2D eigenvalue weighted by atomic mass is 32.1. The van der Waals surface area contributed by atoms with Gasteiger partial charge in [-0.15, -0.1) is 0 Å². The number of carbonyl (C=O) groups is 4. The third kappa shape index (κ3) is 13.1. The first kappa shape index (κ1) is 34.9. The average molecular weight is 618 g/mol. The lowest BCUT2D eigenvalue weighted by Gasteiger charge is -2.27. The van der Waals surface area contributed by atoms with Crippen LogP contribution in [0.1, 0.15) is 30.4 Å². The summed E-state index contributed by atoms with van der Waals surface area (Å²) >= 11 is 8.31. The Balaban J connectivity index is 2.15. The monoisotopic (exact) mass is 617 g/mol. The van der Waals surface area contributed by atoms with Gasteiger partial charge in [-0.05, 0) is 29.7 Å². The van der Waals surface area contributed by atoms with Crippen molar-refractivity contribution in [3.8, 4) is 0 Å². The summed E-state index contributed by atoms with van der Waals surface area (Å²) in [7, 11) is 0. The summed E-state index contributed by atoms with van der Waals surface area (Å²) in [5.41, 5.74) is 1.53. The van der Waals surface area contributed by atoms with Gasteiger partial charge in [0.1, 0.15) is 12.1 Å². The summed E-state index contributed by atoms with van der Waals surface area (Å²) in [5.74, 6) is -2.60. The molecule has 3 amide bonds. The molecular weight excluding hydrogens is 578 g/mol. The molecule has 0 heterocycles. The van der Waals surface area contributed by atoms with Gasteiger partial charge in [-0.3, -0.25) is 19.2 Å². The highest BCUT2D eigenvalue weighted by molar-refractivity contribution is 7.80. The Morgan fingerprint density at radius 2 is 1.33 bits per heavy atom. The summed E-state index contributed by atoms with van der Waals surface area (Å²) in [6.45, 7) is 0. The van der Waals surface area contributed by atoms with Crippen LogP contribution in [0.25, 0.3) is 0 Å². The number of nitrogens with one attached hydrogen (secondary N) is 3. The molecule has 0 aliphatic carbocycles. The zero-order valence-corrected chi connectivity index (χ0v) is 24.9. The first-order chi connectivity index (χ1) is 20.1. The first-order valence-corrected chi connectivity index (χ1v) is 14.8. The van der Waals surface area contributed by atoms with E-state index in [1.165, 1.54) is 6.08 Å². The van der Waals surface area contributed by atoms with E-state index in [0.29, 0.717) is 12.2 Å². The van der Waals surface area contributed by atoms with Gasteiger partial charge in [-0.1, -0.05) is 72.8 Å². The fraction of sp³-hybridized carbons (Fsp3) is 0.400. The van der Waals surface area contributed by atoms with E-state index in [2.05, 4.69) is 41.2 Å². The number of carboxylic acid groups (broad SMARTS) is 1. The molecule has 0 bridgehead atoms. The smallest absolute Gasteiger partial charge is 0.306 e. The third-order valence-electron chi connectivity index (χ3n) is 6.27. The fourth-order valence-corrected chi connectivity index (χ4v) is 4.53. The van der Waals surface area contributed by atoms with Crippen LogP contribution in [0.4, 0.5) is 0 Å². The molecule has 0 unspecified atom stereocenters. The molecule has 0 spiro atoms. The van der Waals surface area contributed by atoms with E-state index >= 15 is 0 Å². The Morgan fingerprint density at radius 3 is 1.88 bits per heavy atom. The molecule has 0 aliphatic heterocycles. The second-order valence-electron chi connectivity index (χ2n) is 9.74. The van der Waals surface area contributed by atoms with Crippen molar-refractivity contribution in [2.75, 3.05) is 11.5 Å². The molecule has 6 N–H and O–H groups in total. The molecule has 0 fully saturated rings. The molecule has 0 saturated heterocycles. The van der Waals surface area contributed by atoms with Crippen LogP contribution in [0.15, 0.2) is 72.8 Å². The molecule has 42 heavy (non-hydrogen) atoms. The van der Waals surface area contributed by atoms with Crippen molar-refractivity contribution in [1.29, 1.82) is 0 Å². The molecule has 2 aromatic carbocycles. The van der Waals surface area contributed by atoms with Gasteiger partial charge in [0.05, 0.1) is 31.1 Å². The number of carboxylic acids is 1. The first-order valence-electron chi connectivity index (χ1n) is 13.6. The molecule has 0 aromatic heterocycles. The molecule has 5 atom stereocenters. The Morgan fingerprint density at radius 1 is 0.762 bits per heavy atom. The van der Waals surface area contributed by atoms with Crippen LogP contribution in [0, 0.1) is 0 Å². The molecule has 10 nitrogen and oxygen atoms in total. The second kappa shape index (κ2) is 19.0. The molecule has 0 saturated carbocycles. The number of aliphatic carboxylic acids is 1. The maximum atomic E-state index is 13.4. The second-order valence-corrected chi connectivity index (χ2v) is 10.5. The topological polar surface area (TPSA) is 165 Å². The van der Waals surface area contributed by atoms with Crippen LogP contribution in [-0.2, 0) is 32.0 Å². The molecule has 2 rings (SSSR count). The van der Waals surface area contributed by atoms with Gasteiger partial charge in [0.2, 0.25) is 17.7 Å². The fourth-order valence-electron chi connectivity index (χ4n) is 4.12. The van der Waals surface area contributed by atoms with E-state index in [0.717, 1.165) is 11.1 Å². The molecule has 0 radical (unpaired) electrons. The minimum atomic E-state index is -1.39. The number of allylic oxidation sites excluding steroid dienone is 1. The normalized spacial score (nSPS) is 14.8. The van der Waals surface area contributed by atoms with Crippen molar-refractivity contribution in [2.24, 2.45) is 0 Å². The maximum Gasteiger partial charge on any atom is 0.306 e. The van der Waals surface area contributed by atoms with E-state index in [9.17, 15) is 34.5 Å². The molecule has 2 aromatic rings. The zero-order valence-electron chi connectivity index (χ0n) is 23.1. The maximum absolute atomic E-state index is 13.4. The van der Waals surface area contributed by atoms with Crippen molar-refractivity contribution in [3.63, 3.8) is 0 Å². The lowest BCUT2D eigenvalue weighted by Crippen LogP contribution is -2.57. The zero-order chi connectivity index (χ0) is 30.9. The van der Waals surface area contributed by atoms with Gasteiger partial charge in [0, 0.05) is 12.2 Å². The largest absolute Gasteiger partial charge is 0.481 e. The number of hydrogen-bond acceptors (Lipinski definition) is 8. The minimum absolute atomic E-state index is 0.106. The number of aliphatic hydroxyl groups is 2. The summed E-state index contributed by atoms with van der Waals surface area (Å²) in [5, 5.41) is 37.8. The van der Waals surface area contributed by atoms with Crippen molar-refractivity contribution in [2.45, 2.75) is 62.4 Å². The van der Waals surface area contributed by atoms with Gasteiger partial charge < -0.3 is 31.3 Å². The highest BCUT2D eigenvalue weighted by Gasteiger charge is 2.30. The van der Waals surface area contributed by atoms with Crippen molar-refractivity contribution < 1.29 is 34.5 Å². The molecular formula is C30H39N3O7S2. The Hall–Kier alpha value is -3.32. The van der Waals surface area contributed by atoms with Gasteiger partial charge in [-0.25, -0.2) is 0 Å². The molecule has 12 heteroatoms. The summed E-state index contributed by atoms with van der Waals surface area (Å²) in [6, 6.07) is 14.8. The lowest BCUT2D eigenvalue weighted by molar-refractivity contribution is -0.140. The van der Waals surface area contributed by atoms with E-state index < -0.39 is 60.4 Å². The van der Waals surface area contributed by atoms with E-state index in [-0.39, 0.29) is 25.0 Å². The summed E-state index contributed by atoms with van der Waals surface area (Å²) < 4.78 is 0. The number of carbonyl (C=O) groups excluding carboxylic acids is 3. The van der Waals surface area contributed by atoms with Crippen LogP contribution in [0.5, 0.6) is 0 Å². The minimum Gasteiger partial charge on any atom is -0.481 e. The summed E-state index contributed by atoms with van der Waals surface area (Å²) in [6.07, 6.45) is 0.845. The lowest BCUT2D eigenvalue weighted by atomic mass is 9.98. The number of thiol groups is 2. The van der Waals surface area contributed by atoms with E-state index in [1.54, 1.807) is 54.6 Å².